The van der Waals surface area contributed by atoms with Crippen molar-refractivity contribution < 1.29 is 53.3 Å². The summed E-state index contributed by atoms with van der Waals surface area (Å²) in [4.78, 5) is 24.1. The summed E-state index contributed by atoms with van der Waals surface area (Å²) in [5.41, 5.74) is -0.0824. The number of carbonyl (C=O) groups is 1. The number of methoxy groups -OCH3 is 2. The van der Waals surface area contributed by atoms with E-state index in [9.17, 15) is 30.0 Å². The first-order valence-corrected chi connectivity index (χ1v) is 11.4. The molecular formula is C26H26O12. The molecule has 2 aromatic carbocycles. The zero-order valence-electron chi connectivity index (χ0n) is 20.3. The number of aliphatic hydroxyl groups is 3. The number of aromatic hydroxyl groups is 1. The van der Waals surface area contributed by atoms with Gasteiger partial charge in [0.25, 0.3) is 0 Å². The van der Waals surface area contributed by atoms with Crippen molar-refractivity contribution >= 4 is 23.0 Å². The number of phenolic OH excluding ortho intramolecular Hbond substituents is 1. The average Bonchev–Trinajstić information content (AvgIpc) is 2.92. The van der Waals surface area contributed by atoms with Crippen molar-refractivity contribution in [3.63, 3.8) is 0 Å². The summed E-state index contributed by atoms with van der Waals surface area (Å²) in [6, 6.07) is 10.3. The molecule has 0 saturated carbocycles. The zero-order valence-corrected chi connectivity index (χ0v) is 20.3. The van der Waals surface area contributed by atoms with E-state index in [1.54, 1.807) is 18.2 Å². The second-order valence-corrected chi connectivity index (χ2v) is 8.30. The summed E-state index contributed by atoms with van der Waals surface area (Å²) in [6.07, 6.45) is -5.40. The number of aliphatic hydroxyl groups excluding tert-OH is 3. The van der Waals surface area contributed by atoms with Gasteiger partial charge in [-0.15, -0.1) is 0 Å². The van der Waals surface area contributed by atoms with E-state index < -0.39 is 48.9 Å². The maximum absolute atomic E-state index is 12.2. The number of hydrogen-bond donors (Lipinski definition) is 4. The Morgan fingerprint density at radius 3 is 2.39 bits per heavy atom. The predicted molar refractivity (Wildman–Crippen MR) is 131 cm³/mol. The Labute approximate surface area is 215 Å². The molecule has 1 aliphatic rings. The van der Waals surface area contributed by atoms with Gasteiger partial charge >= 0.3 is 11.6 Å². The molecule has 0 radical (unpaired) electrons. The number of phenols is 1. The topological polar surface area (TPSA) is 174 Å². The molecule has 0 aliphatic carbocycles. The van der Waals surface area contributed by atoms with E-state index in [2.05, 4.69) is 0 Å². The largest absolute Gasteiger partial charge is 0.508 e. The molecule has 1 aromatic heterocycles. The first kappa shape index (κ1) is 26.9. The molecule has 5 atom stereocenters. The van der Waals surface area contributed by atoms with Crippen molar-refractivity contribution in [3.05, 3.63) is 64.5 Å². The van der Waals surface area contributed by atoms with Crippen molar-refractivity contribution in [3.8, 4) is 23.0 Å². The van der Waals surface area contributed by atoms with Crippen molar-refractivity contribution in [1.29, 1.82) is 0 Å². The highest BCUT2D eigenvalue weighted by Gasteiger charge is 2.46. The third-order valence-electron chi connectivity index (χ3n) is 5.81. The molecular weight excluding hydrogens is 504 g/mol. The Morgan fingerprint density at radius 1 is 0.974 bits per heavy atom. The molecule has 4 N–H and O–H groups in total. The summed E-state index contributed by atoms with van der Waals surface area (Å²) in [6.45, 7) is -0.491. The van der Waals surface area contributed by atoms with Crippen LogP contribution in [0.2, 0.25) is 0 Å². The molecule has 202 valence electrons. The lowest BCUT2D eigenvalue weighted by Crippen LogP contribution is -2.60. The van der Waals surface area contributed by atoms with E-state index in [-0.39, 0.29) is 28.6 Å². The Kier molecular flexibility index (Phi) is 8.17. The van der Waals surface area contributed by atoms with Crippen LogP contribution in [-0.4, -0.2) is 77.9 Å². The van der Waals surface area contributed by atoms with Crippen LogP contribution in [0.15, 0.2) is 57.8 Å². The van der Waals surface area contributed by atoms with Crippen molar-refractivity contribution in [1.82, 2.24) is 0 Å². The Hall–Kier alpha value is -4.10. The van der Waals surface area contributed by atoms with Crippen LogP contribution in [0.5, 0.6) is 23.0 Å². The second kappa shape index (κ2) is 11.5. The normalized spacial score (nSPS) is 23.3. The summed E-state index contributed by atoms with van der Waals surface area (Å²) >= 11 is 0. The summed E-state index contributed by atoms with van der Waals surface area (Å²) in [5, 5.41) is 41.1. The van der Waals surface area contributed by atoms with Crippen molar-refractivity contribution in [2.24, 2.45) is 0 Å². The summed E-state index contributed by atoms with van der Waals surface area (Å²) < 4.78 is 32.6. The third-order valence-corrected chi connectivity index (χ3v) is 5.81. The fourth-order valence-corrected chi connectivity index (χ4v) is 3.82. The Morgan fingerprint density at radius 2 is 1.71 bits per heavy atom. The van der Waals surface area contributed by atoms with Gasteiger partial charge in [-0.2, -0.15) is 0 Å². The molecule has 1 saturated heterocycles. The van der Waals surface area contributed by atoms with E-state index in [1.807, 2.05) is 0 Å². The van der Waals surface area contributed by atoms with Gasteiger partial charge in [0.2, 0.25) is 17.8 Å². The minimum Gasteiger partial charge on any atom is -0.508 e. The number of fused-ring (bicyclic) bond motifs is 1. The minimum absolute atomic E-state index is 0.0214. The van der Waals surface area contributed by atoms with Gasteiger partial charge in [0.05, 0.1) is 14.2 Å². The van der Waals surface area contributed by atoms with Crippen molar-refractivity contribution in [2.45, 2.75) is 30.7 Å². The van der Waals surface area contributed by atoms with E-state index in [4.69, 9.17) is 28.1 Å². The quantitative estimate of drug-likeness (QED) is 0.185. The molecule has 1 fully saturated rings. The van der Waals surface area contributed by atoms with Crippen LogP contribution >= 0.6 is 0 Å². The molecule has 0 unspecified atom stereocenters. The van der Waals surface area contributed by atoms with Gasteiger partial charge in [0, 0.05) is 17.5 Å². The minimum atomic E-state index is -1.74. The molecule has 2 heterocycles. The monoisotopic (exact) mass is 530 g/mol. The zero-order chi connectivity index (χ0) is 27.4. The van der Waals surface area contributed by atoms with E-state index in [0.717, 1.165) is 6.08 Å². The van der Waals surface area contributed by atoms with Crippen LogP contribution in [0.3, 0.4) is 0 Å². The molecule has 1 aliphatic heterocycles. The van der Waals surface area contributed by atoms with Crippen LogP contribution < -0.4 is 19.8 Å². The number of esters is 1. The molecule has 12 nitrogen and oxygen atoms in total. The SMILES string of the molecule is COc1cc2ccc(=O)oc2c(O[C@@H]2O[C@H](COC(=O)/C=C/c3ccc(O)cc3)[C@@H](O)[C@H](O)[C@H]2O)c1OC. The smallest absolute Gasteiger partial charge is 0.336 e. The molecule has 38 heavy (non-hydrogen) atoms. The first-order valence-electron chi connectivity index (χ1n) is 11.4. The van der Waals surface area contributed by atoms with E-state index in [1.165, 1.54) is 44.6 Å². The highest BCUT2D eigenvalue weighted by Crippen LogP contribution is 2.44. The van der Waals surface area contributed by atoms with E-state index >= 15 is 0 Å². The van der Waals surface area contributed by atoms with Gasteiger partial charge in [0.15, 0.2) is 11.3 Å². The lowest BCUT2D eigenvalue weighted by Gasteiger charge is -2.40. The lowest BCUT2D eigenvalue weighted by molar-refractivity contribution is -0.278. The first-order chi connectivity index (χ1) is 18.2. The highest BCUT2D eigenvalue weighted by atomic mass is 16.7. The number of rotatable bonds is 8. The average molecular weight is 530 g/mol. The standard InChI is InChI=1S/C26H26O12/c1-33-16-11-14-6-10-19(29)37-23(14)25(24(16)34-2)38-26-22(32)21(31)20(30)17(36-26)12-35-18(28)9-5-13-3-7-15(27)8-4-13/h3-11,17,20-22,26-27,30-32H,12H2,1-2H3/b9-5+/t17-,20-,21+,22-,26+/m1/s1. The van der Waals surface area contributed by atoms with Gasteiger partial charge in [-0.05, 0) is 35.9 Å². The second-order valence-electron chi connectivity index (χ2n) is 8.30. The van der Waals surface area contributed by atoms with E-state index in [0.29, 0.717) is 10.9 Å². The van der Waals surface area contributed by atoms with Gasteiger partial charge in [0.1, 0.15) is 36.8 Å². The third kappa shape index (κ3) is 5.73. The molecule has 4 rings (SSSR count). The summed E-state index contributed by atoms with van der Waals surface area (Å²) in [5.74, 6) is -0.602. The highest BCUT2D eigenvalue weighted by molar-refractivity contribution is 5.88. The summed E-state index contributed by atoms with van der Waals surface area (Å²) in [7, 11) is 2.71. The van der Waals surface area contributed by atoms with Crippen LogP contribution in [0, 0.1) is 0 Å². The van der Waals surface area contributed by atoms with Crippen LogP contribution in [-0.2, 0) is 14.3 Å². The Bertz CT molecular complexity index is 1360. The maximum Gasteiger partial charge on any atom is 0.336 e. The number of benzene rings is 2. The van der Waals surface area contributed by atoms with Crippen LogP contribution in [0.4, 0.5) is 0 Å². The molecule has 12 heteroatoms. The Balaban J connectivity index is 1.53. The number of ether oxygens (including phenoxy) is 5. The molecule has 0 bridgehead atoms. The van der Waals surface area contributed by atoms with Crippen LogP contribution in [0.1, 0.15) is 5.56 Å². The number of carbonyl (C=O) groups excluding carboxylic acids is 1. The predicted octanol–water partition coefficient (Wildman–Crippen LogP) is 0.959. The fourth-order valence-electron chi connectivity index (χ4n) is 3.82. The van der Waals surface area contributed by atoms with Gasteiger partial charge in [-0.1, -0.05) is 12.1 Å². The molecule has 0 amide bonds. The van der Waals surface area contributed by atoms with Crippen molar-refractivity contribution in [2.75, 3.05) is 20.8 Å². The maximum atomic E-state index is 12.2. The fraction of sp³-hybridized carbons (Fsp3) is 0.308. The number of hydrogen-bond acceptors (Lipinski definition) is 12. The van der Waals surface area contributed by atoms with Gasteiger partial charge < -0.3 is 48.5 Å². The molecule has 0 spiro atoms. The van der Waals surface area contributed by atoms with Gasteiger partial charge in [-0.25, -0.2) is 9.59 Å². The lowest BCUT2D eigenvalue weighted by atomic mass is 9.99. The van der Waals surface area contributed by atoms with Gasteiger partial charge in [-0.3, -0.25) is 0 Å². The molecule has 3 aromatic rings. The van der Waals surface area contributed by atoms with Crippen LogP contribution in [0.25, 0.3) is 17.0 Å².